The molecule has 28 heavy (non-hydrogen) atoms. The Morgan fingerprint density at radius 2 is 1.82 bits per heavy atom. The zero-order chi connectivity index (χ0) is 18.9. The highest BCUT2D eigenvalue weighted by molar-refractivity contribution is 5.95. The molecule has 136 valence electrons. The lowest BCUT2D eigenvalue weighted by Gasteiger charge is -2.09. The number of aromatic nitrogens is 3. The number of hydrogen-bond acceptors (Lipinski definition) is 4. The lowest BCUT2D eigenvalue weighted by Crippen LogP contribution is -2.24. The summed E-state index contributed by atoms with van der Waals surface area (Å²) >= 11 is 0. The fourth-order valence-corrected chi connectivity index (χ4v) is 3.52. The van der Waals surface area contributed by atoms with Crippen LogP contribution in [-0.2, 0) is 13.0 Å². The number of aryl methyl sites for hydroxylation is 2. The van der Waals surface area contributed by atoms with Gasteiger partial charge in [-0.1, -0.05) is 42.5 Å². The molecule has 5 rings (SSSR count). The average Bonchev–Trinajstić information content (AvgIpc) is 3.27. The van der Waals surface area contributed by atoms with Crippen molar-refractivity contribution < 1.29 is 4.42 Å². The molecule has 5 aromatic rings. The highest BCUT2D eigenvalue weighted by atomic mass is 16.3. The first kappa shape index (κ1) is 16.4. The molecule has 2 aromatic carbocycles. The normalized spacial score (nSPS) is 11.3. The van der Waals surface area contributed by atoms with Crippen molar-refractivity contribution in [2.24, 2.45) is 0 Å². The summed E-state index contributed by atoms with van der Waals surface area (Å²) in [4.78, 5) is 17.8. The van der Waals surface area contributed by atoms with Crippen LogP contribution in [0.1, 0.15) is 5.69 Å². The molecule has 0 bridgehead atoms. The van der Waals surface area contributed by atoms with Crippen molar-refractivity contribution in [2.75, 3.05) is 0 Å². The number of para-hydroxylation sites is 1. The Labute approximate surface area is 160 Å². The van der Waals surface area contributed by atoms with Crippen molar-refractivity contribution in [2.45, 2.75) is 13.0 Å². The second-order valence-corrected chi connectivity index (χ2v) is 6.70. The van der Waals surface area contributed by atoms with Crippen LogP contribution < -0.4 is 5.56 Å². The number of nitrogens with zero attached hydrogens (tertiary/aromatic N) is 3. The second-order valence-electron chi connectivity index (χ2n) is 6.70. The van der Waals surface area contributed by atoms with Gasteiger partial charge in [0.15, 0.2) is 0 Å². The summed E-state index contributed by atoms with van der Waals surface area (Å²) in [5.41, 5.74) is 3.54. The van der Waals surface area contributed by atoms with Crippen LogP contribution in [-0.4, -0.2) is 14.8 Å². The molecule has 0 N–H and O–H groups in total. The monoisotopic (exact) mass is 367 g/mol. The minimum Gasteiger partial charge on any atom is -0.472 e. The molecule has 0 spiro atoms. The van der Waals surface area contributed by atoms with E-state index in [1.54, 1.807) is 18.7 Å². The van der Waals surface area contributed by atoms with Crippen molar-refractivity contribution >= 4 is 21.7 Å². The van der Waals surface area contributed by atoms with Crippen LogP contribution in [0.5, 0.6) is 0 Å². The molecule has 3 aromatic heterocycles. The van der Waals surface area contributed by atoms with Crippen LogP contribution in [0.4, 0.5) is 0 Å². The molecule has 0 saturated heterocycles. The van der Waals surface area contributed by atoms with Gasteiger partial charge in [0.2, 0.25) is 0 Å². The smallest absolute Gasteiger partial charge is 0.275 e. The van der Waals surface area contributed by atoms with E-state index < -0.39 is 0 Å². The van der Waals surface area contributed by atoms with Crippen LogP contribution in [0.2, 0.25) is 0 Å². The van der Waals surface area contributed by atoms with Gasteiger partial charge in [0.25, 0.3) is 5.56 Å². The number of furan rings is 1. The van der Waals surface area contributed by atoms with Crippen molar-refractivity contribution in [3.8, 4) is 11.1 Å². The Hall–Kier alpha value is -3.73. The highest BCUT2D eigenvalue weighted by Gasteiger charge is 2.11. The lowest BCUT2D eigenvalue weighted by molar-refractivity contribution is 0.568. The zero-order valence-electron chi connectivity index (χ0n) is 15.1. The molecule has 0 radical (unpaired) electrons. The van der Waals surface area contributed by atoms with Gasteiger partial charge in [-0.3, -0.25) is 9.78 Å². The molecule has 0 unspecified atom stereocenters. The minimum atomic E-state index is -0.102. The van der Waals surface area contributed by atoms with Gasteiger partial charge in [-0.2, -0.15) is 5.10 Å². The van der Waals surface area contributed by atoms with E-state index in [2.05, 4.69) is 16.1 Å². The Balaban J connectivity index is 1.51. The number of benzene rings is 2. The van der Waals surface area contributed by atoms with E-state index in [4.69, 9.17) is 4.42 Å². The third-order valence-electron chi connectivity index (χ3n) is 4.95. The van der Waals surface area contributed by atoms with Gasteiger partial charge in [0, 0.05) is 28.5 Å². The number of rotatable bonds is 4. The number of hydrogen-bond donors (Lipinski definition) is 0. The van der Waals surface area contributed by atoms with Gasteiger partial charge in [-0.25, -0.2) is 4.68 Å². The van der Waals surface area contributed by atoms with Gasteiger partial charge in [-0.05, 0) is 23.8 Å². The summed E-state index contributed by atoms with van der Waals surface area (Å²) in [5.74, 6) is 0. The maximum Gasteiger partial charge on any atom is 0.275 e. The Morgan fingerprint density at radius 1 is 0.929 bits per heavy atom. The fourth-order valence-electron chi connectivity index (χ4n) is 3.52. The molecule has 0 saturated carbocycles. The topological polar surface area (TPSA) is 60.9 Å². The molecule has 3 heterocycles. The van der Waals surface area contributed by atoms with Crippen molar-refractivity contribution in [3.63, 3.8) is 0 Å². The van der Waals surface area contributed by atoms with Crippen LogP contribution >= 0.6 is 0 Å². The molecule has 5 heteroatoms. The predicted octanol–water partition coefficient (Wildman–Crippen LogP) is 4.45. The van der Waals surface area contributed by atoms with E-state index in [0.29, 0.717) is 18.4 Å². The van der Waals surface area contributed by atoms with Crippen LogP contribution in [0, 0.1) is 0 Å². The van der Waals surface area contributed by atoms with E-state index >= 15 is 0 Å². The summed E-state index contributed by atoms with van der Waals surface area (Å²) in [7, 11) is 0. The molecule has 0 aliphatic carbocycles. The maximum atomic E-state index is 13.1. The second kappa shape index (κ2) is 6.78. The standard InChI is InChI=1S/C23H17N3O2/c27-23-22-17(5-3-6-20(22)18-11-13-28-15-18)14-24-26(23)12-10-19-9-8-16-4-1-2-7-21(16)25-19/h1-9,11,13-15H,10,12H2. The SMILES string of the molecule is O=c1c2c(-c3ccoc3)cccc2cnn1CCc1ccc2ccccc2n1. The van der Waals surface area contributed by atoms with Gasteiger partial charge >= 0.3 is 0 Å². The molecule has 0 aliphatic rings. The molecule has 0 atom stereocenters. The molecular weight excluding hydrogens is 350 g/mol. The Bertz CT molecular complexity index is 1340. The van der Waals surface area contributed by atoms with E-state index in [1.165, 1.54) is 4.68 Å². The molecule has 0 fully saturated rings. The lowest BCUT2D eigenvalue weighted by atomic mass is 10.0. The van der Waals surface area contributed by atoms with E-state index in [0.717, 1.165) is 33.1 Å². The zero-order valence-corrected chi connectivity index (χ0v) is 15.1. The van der Waals surface area contributed by atoms with Crippen LogP contribution in [0.25, 0.3) is 32.8 Å². The third kappa shape index (κ3) is 2.87. The predicted molar refractivity (Wildman–Crippen MR) is 109 cm³/mol. The molecular formula is C23H17N3O2. The van der Waals surface area contributed by atoms with Crippen molar-refractivity contribution in [1.29, 1.82) is 0 Å². The quantitative estimate of drug-likeness (QED) is 0.471. The van der Waals surface area contributed by atoms with E-state index in [1.807, 2.05) is 54.6 Å². The van der Waals surface area contributed by atoms with Gasteiger partial charge in [-0.15, -0.1) is 0 Å². The van der Waals surface area contributed by atoms with Gasteiger partial charge in [0.05, 0.1) is 36.2 Å². The van der Waals surface area contributed by atoms with Gasteiger partial charge < -0.3 is 4.42 Å². The molecule has 0 aliphatic heterocycles. The summed E-state index contributed by atoms with van der Waals surface area (Å²) in [6.45, 7) is 0.472. The summed E-state index contributed by atoms with van der Waals surface area (Å²) in [6.07, 6.45) is 5.64. The van der Waals surface area contributed by atoms with Crippen molar-refractivity contribution in [3.05, 3.63) is 95.4 Å². The summed E-state index contributed by atoms with van der Waals surface area (Å²) in [6, 6.07) is 19.7. The van der Waals surface area contributed by atoms with Gasteiger partial charge in [0.1, 0.15) is 0 Å². The van der Waals surface area contributed by atoms with Crippen LogP contribution in [0.15, 0.2) is 88.6 Å². The summed E-state index contributed by atoms with van der Waals surface area (Å²) < 4.78 is 6.71. The first-order valence-corrected chi connectivity index (χ1v) is 9.16. The maximum absolute atomic E-state index is 13.1. The first-order chi connectivity index (χ1) is 13.8. The first-order valence-electron chi connectivity index (χ1n) is 9.16. The Morgan fingerprint density at radius 3 is 2.71 bits per heavy atom. The third-order valence-corrected chi connectivity index (χ3v) is 4.95. The number of pyridine rings is 1. The summed E-state index contributed by atoms with van der Waals surface area (Å²) in [5, 5.41) is 6.95. The molecule has 0 amide bonds. The highest BCUT2D eigenvalue weighted by Crippen LogP contribution is 2.26. The van der Waals surface area contributed by atoms with Crippen LogP contribution in [0.3, 0.4) is 0 Å². The number of fused-ring (bicyclic) bond motifs is 2. The fraction of sp³-hybridized carbons (Fsp3) is 0.0870. The average molecular weight is 367 g/mol. The Kier molecular flexibility index (Phi) is 3.98. The van der Waals surface area contributed by atoms with E-state index in [9.17, 15) is 4.79 Å². The minimum absolute atomic E-state index is 0.102. The van der Waals surface area contributed by atoms with E-state index in [-0.39, 0.29) is 5.56 Å². The van der Waals surface area contributed by atoms with Crippen molar-refractivity contribution in [1.82, 2.24) is 14.8 Å². The molecule has 5 nitrogen and oxygen atoms in total. The largest absolute Gasteiger partial charge is 0.472 e.